The number of nitrogens with zero attached hydrogens (tertiary/aromatic N) is 2. The van der Waals surface area contributed by atoms with E-state index in [0.717, 1.165) is 12.1 Å². The second kappa shape index (κ2) is 8.21. The molecule has 0 aliphatic carbocycles. The quantitative estimate of drug-likeness (QED) is 0.607. The lowest BCUT2D eigenvalue weighted by atomic mass is 10.2. The Morgan fingerprint density at radius 3 is 2.65 bits per heavy atom. The van der Waals surface area contributed by atoms with E-state index in [1.165, 1.54) is 25.4 Å². The van der Waals surface area contributed by atoms with Gasteiger partial charge in [0.05, 0.1) is 22.3 Å². The van der Waals surface area contributed by atoms with Crippen LogP contribution in [0.15, 0.2) is 39.8 Å². The number of benzene rings is 1. The van der Waals surface area contributed by atoms with Gasteiger partial charge in [-0.25, -0.2) is 32.7 Å². The summed E-state index contributed by atoms with van der Waals surface area (Å²) in [5.74, 6) is -1.59. The molecule has 0 bridgehead atoms. The molecule has 0 fully saturated rings. The molecule has 1 aromatic carbocycles. The van der Waals surface area contributed by atoms with Gasteiger partial charge in [0.15, 0.2) is 0 Å². The molecule has 138 valence electrons. The minimum Gasteiger partial charge on any atom is -0.478 e. The van der Waals surface area contributed by atoms with Crippen LogP contribution in [0.1, 0.15) is 16.1 Å². The Morgan fingerprint density at radius 1 is 1.31 bits per heavy atom. The SMILES string of the molecule is COCc1nc(NC(=O)NS(=O)(=O)c2ccccc2C(=O)O)ncc1Br. The molecule has 26 heavy (non-hydrogen) atoms. The van der Waals surface area contributed by atoms with Crippen LogP contribution >= 0.6 is 15.9 Å². The number of aromatic carboxylic acids is 1. The third-order valence-electron chi connectivity index (χ3n) is 2.96. The van der Waals surface area contributed by atoms with Gasteiger partial charge in [0.1, 0.15) is 4.90 Å². The highest BCUT2D eigenvalue weighted by Gasteiger charge is 2.24. The van der Waals surface area contributed by atoms with Crippen LogP contribution in [-0.4, -0.2) is 42.6 Å². The van der Waals surface area contributed by atoms with Crippen LogP contribution < -0.4 is 10.0 Å². The van der Waals surface area contributed by atoms with Crippen LogP contribution in [0.3, 0.4) is 0 Å². The number of carbonyl (C=O) groups excluding carboxylic acids is 1. The Bertz CT molecular complexity index is 950. The summed E-state index contributed by atoms with van der Waals surface area (Å²) in [6, 6.07) is 3.76. The average molecular weight is 445 g/mol. The fourth-order valence-electron chi connectivity index (χ4n) is 1.88. The molecule has 0 unspecified atom stereocenters. The standard InChI is InChI=1S/C14H13BrN4O6S/c1-25-7-10-9(15)6-16-13(17-10)18-14(22)19-26(23,24)11-5-3-2-4-8(11)12(20)21/h2-6H,7H2,1H3,(H,20,21)(H2,16,17,18,19,22). The van der Waals surface area contributed by atoms with E-state index in [2.05, 4.69) is 31.2 Å². The number of sulfonamides is 1. The number of carboxylic acid groups (broad SMARTS) is 1. The first kappa shape index (κ1) is 19.8. The monoisotopic (exact) mass is 444 g/mol. The highest BCUT2D eigenvalue weighted by Crippen LogP contribution is 2.17. The second-order valence-electron chi connectivity index (χ2n) is 4.78. The number of hydrogen-bond donors (Lipinski definition) is 3. The summed E-state index contributed by atoms with van der Waals surface area (Å²) in [7, 11) is -2.96. The van der Waals surface area contributed by atoms with Crippen LogP contribution in [0.4, 0.5) is 10.7 Å². The average Bonchev–Trinajstić information content (AvgIpc) is 2.57. The van der Waals surface area contributed by atoms with Crippen molar-refractivity contribution in [2.75, 3.05) is 12.4 Å². The van der Waals surface area contributed by atoms with Crippen molar-refractivity contribution in [2.45, 2.75) is 11.5 Å². The van der Waals surface area contributed by atoms with Crippen molar-refractivity contribution >= 4 is 43.9 Å². The Balaban J connectivity index is 2.20. The molecule has 0 radical (unpaired) electrons. The number of amides is 2. The number of nitrogens with one attached hydrogen (secondary N) is 2. The van der Waals surface area contributed by atoms with E-state index in [-0.39, 0.29) is 12.6 Å². The smallest absolute Gasteiger partial charge is 0.337 e. The number of halogens is 1. The Morgan fingerprint density at radius 2 is 2.00 bits per heavy atom. The maximum Gasteiger partial charge on any atom is 0.337 e. The minimum absolute atomic E-state index is 0.143. The Kier molecular flexibility index (Phi) is 6.23. The van der Waals surface area contributed by atoms with Gasteiger partial charge in [0.2, 0.25) is 5.95 Å². The van der Waals surface area contributed by atoms with Gasteiger partial charge in [-0.2, -0.15) is 0 Å². The summed E-state index contributed by atoms with van der Waals surface area (Å²) in [4.78, 5) is 30.4. The molecule has 12 heteroatoms. The highest BCUT2D eigenvalue weighted by molar-refractivity contribution is 9.10. The van der Waals surface area contributed by atoms with Crippen molar-refractivity contribution in [2.24, 2.45) is 0 Å². The number of aromatic nitrogens is 2. The molecule has 0 aliphatic heterocycles. The summed E-state index contributed by atoms with van der Waals surface area (Å²) in [5, 5.41) is 11.2. The lowest BCUT2D eigenvalue weighted by molar-refractivity contribution is 0.0692. The van der Waals surface area contributed by atoms with Crippen molar-refractivity contribution in [1.82, 2.24) is 14.7 Å². The first-order chi connectivity index (χ1) is 12.2. The van der Waals surface area contributed by atoms with Crippen LogP contribution in [0, 0.1) is 0 Å². The lowest BCUT2D eigenvalue weighted by Gasteiger charge is -2.10. The molecule has 1 heterocycles. The van der Waals surface area contributed by atoms with Crippen LogP contribution in [-0.2, 0) is 21.4 Å². The number of urea groups is 1. The summed E-state index contributed by atoms with van der Waals surface area (Å²) >= 11 is 3.21. The Labute approximate surface area is 156 Å². The topological polar surface area (TPSA) is 148 Å². The van der Waals surface area contributed by atoms with Crippen molar-refractivity contribution in [3.05, 3.63) is 46.2 Å². The van der Waals surface area contributed by atoms with Gasteiger partial charge in [-0.3, -0.25) is 5.32 Å². The van der Waals surface area contributed by atoms with E-state index in [1.54, 1.807) is 4.72 Å². The number of carboxylic acids is 1. The minimum atomic E-state index is -4.42. The maximum atomic E-state index is 12.3. The Hall–Kier alpha value is -2.57. The molecule has 2 aromatic rings. The lowest BCUT2D eigenvalue weighted by Crippen LogP contribution is -2.35. The number of rotatable bonds is 6. The molecule has 3 N–H and O–H groups in total. The maximum absolute atomic E-state index is 12.3. The van der Waals surface area contributed by atoms with Gasteiger partial charge in [0.25, 0.3) is 10.0 Å². The predicted molar refractivity (Wildman–Crippen MR) is 93.2 cm³/mol. The van der Waals surface area contributed by atoms with E-state index >= 15 is 0 Å². The van der Waals surface area contributed by atoms with Crippen molar-refractivity contribution in [3.63, 3.8) is 0 Å². The normalized spacial score (nSPS) is 11.0. The molecule has 0 saturated carbocycles. The van der Waals surface area contributed by atoms with Gasteiger partial charge in [-0.05, 0) is 28.1 Å². The summed E-state index contributed by atoms with van der Waals surface area (Å²) < 4.78 is 31.8. The van der Waals surface area contributed by atoms with E-state index in [1.807, 2.05) is 0 Å². The molecule has 0 atom stereocenters. The molecule has 0 spiro atoms. The molecule has 1 aromatic heterocycles. The number of hydrogen-bond acceptors (Lipinski definition) is 7. The van der Waals surface area contributed by atoms with E-state index in [0.29, 0.717) is 10.2 Å². The zero-order valence-electron chi connectivity index (χ0n) is 13.3. The van der Waals surface area contributed by atoms with Crippen molar-refractivity contribution in [1.29, 1.82) is 0 Å². The summed E-state index contributed by atoms with van der Waals surface area (Å²) in [6.45, 7) is 0.143. The van der Waals surface area contributed by atoms with E-state index < -0.39 is 32.5 Å². The van der Waals surface area contributed by atoms with Gasteiger partial charge >= 0.3 is 12.0 Å². The van der Waals surface area contributed by atoms with Crippen LogP contribution in [0.5, 0.6) is 0 Å². The third kappa shape index (κ3) is 4.74. The fraction of sp³-hybridized carbons (Fsp3) is 0.143. The number of ether oxygens (including phenoxy) is 1. The first-order valence-corrected chi connectivity index (χ1v) is 9.18. The summed E-state index contributed by atoms with van der Waals surface area (Å²) in [6.07, 6.45) is 1.37. The van der Waals surface area contributed by atoms with E-state index in [4.69, 9.17) is 9.84 Å². The first-order valence-electron chi connectivity index (χ1n) is 6.91. The summed E-state index contributed by atoms with van der Waals surface area (Å²) in [5.41, 5.74) is -0.0213. The number of methoxy groups -OCH3 is 1. The van der Waals surface area contributed by atoms with Crippen LogP contribution in [0.25, 0.3) is 0 Å². The van der Waals surface area contributed by atoms with Crippen molar-refractivity contribution in [3.8, 4) is 0 Å². The molecular formula is C14H13BrN4O6S. The molecular weight excluding hydrogens is 432 g/mol. The zero-order valence-corrected chi connectivity index (χ0v) is 15.7. The second-order valence-corrected chi connectivity index (χ2v) is 7.29. The zero-order chi connectivity index (χ0) is 19.3. The molecule has 0 saturated heterocycles. The highest BCUT2D eigenvalue weighted by atomic mass is 79.9. The molecule has 2 amide bonds. The molecule has 2 rings (SSSR count). The third-order valence-corrected chi connectivity index (χ3v) is 5.01. The largest absolute Gasteiger partial charge is 0.478 e. The van der Waals surface area contributed by atoms with E-state index in [9.17, 15) is 18.0 Å². The molecule has 10 nitrogen and oxygen atoms in total. The van der Waals surface area contributed by atoms with Crippen LogP contribution in [0.2, 0.25) is 0 Å². The number of anilines is 1. The molecule has 0 aliphatic rings. The fourth-order valence-corrected chi connectivity index (χ4v) is 3.30. The van der Waals surface area contributed by atoms with Gasteiger partial charge in [-0.1, -0.05) is 12.1 Å². The van der Waals surface area contributed by atoms with Gasteiger partial charge in [-0.15, -0.1) is 0 Å². The van der Waals surface area contributed by atoms with Gasteiger partial charge in [0, 0.05) is 13.3 Å². The number of carbonyl (C=O) groups is 2. The predicted octanol–water partition coefficient (Wildman–Crippen LogP) is 1.59. The van der Waals surface area contributed by atoms with Gasteiger partial charge < -0.3 is 9.84 Å². The van der Waals surface area contributed by atoms with Crippen molar-refractivity contribution < 1.29 is 27.9 Å².